The minimum Gasteiger partial charge on any atom is -0.120 e. The second-order valence-corrected chi connectivity index (χ2v) is 10.5. The first-order valence-electron chi connectivity index (χ1n) is 10.9. The van der Waals surface area contributed by atoms with Crippen molar-refractivity contribution in [1.29, 1.82) is 0 Å². The molecule has 0 aliphatic heterocycles. The molecule has 0 aromatic heterocycles. The molecule has 4 fully saturated rings. The van der Waals surface area contributed by atoms with Gasteiger partial charge in [-0.15, -0.1) is 12.3 Å². The minimum atomic E-state index is 0.593. The summed E-state index contributed by atoms with van der Waals surface area (Å²) in [6.07, 6.45) is 21.7. The Balaban J connectivity index is 1.58. The summed E-state index contributed by atoms with van der Waals surface area (Å²) in [6, 6.07) is 0. The molecule has 0 amide bonds. The van der Waals surface area contributed by atoms with E-state index in [-0.39, 0.29) is 0 Å². The van der Waals surface area contributed by atoms with Crippen molar-refractivity contribution in [2.45, 2.75) is 91.4 Å². The fourth-order valence-electron chi connectivity index (χ4n) is 8.60. The largest absolute Gasteiger partial charge is 0.120 e. The van der Waals surface area contributed by atoms with Crippen LogP contribution in [0, 0.1) is 58.7 Å². The van der Waals surface area contributed by atoms with Crippen LogP contribution in [0.5, 0.6) is 0 Å². The van der Waals surface area contributed by atoms with Crippen molar-refractivity contribution in [2.75, 3.05) is 0 Å². The smallest absolute Gasteiger partial charge is 0.0115 e. The molecule has 8 atom stereocenters. The summed E-state index contributed by atoms with van der Waals surface area (Å²) in [6.45, 7) is 7.79. The van der Waals surface area contributed by atoms with E-state index in [1.165, 1.54) is 57.8 Å². The van der Waals surface area contributed by atoms with Gasteiger partial charge >= 0.3 is 0 Å². The quantitative estimate of drug-likeness (QED) is 0.496. The van der Waals surface area contributed by atoms with Gasteiger partial charge in [-0.1, -0.05) is 33.6 Å². The Morgan fingerprint density at radius 2 is 1.71 bits per heavy atom. The first-order chi connectivity index (χ1) is 11.5. The van der Waals surface area contributed by atoms with Crippen molar-refractivity contribution in [1.82, 2.24) is 0 Å². The van der Waals surface area contributed by atoms with Gasteiger partial charge in [-0.3, -0.25) is 0 Å². The molecule has 4 aliphatic carbocycles. The molecular weight excluding hydrogens is 288 g/mol. The fourth-order valence-corrected chi connectivity index (χ4v) is 8.60. The molecule has 0 heteroatoms. The monoisotopic (exact) mass is 326 g/mol. The lowest BCUT2D eigenvalue weighted by atomic mass is 9.44. The third-order valence-corrected chi connectivity index (χ3v) is 9.78. The van der Waals surface area contributed by atoms with Crippen LogP contribution < -0.4 is 0 Å². The minimum absolute atomic E-state index is 0.593. The summed E-state index contributed by atoms with van der Waals surface area (Å²) in [5.41, 5.74) is 1.28. The Morgan fingerprint density at radius 3 is 2.50 bits per heavy atom. The average molecular weight is 327 g/mol. The third kappa shape index (κ3) is 2.33. The lowest BCUT2D eigenvalue weighted by molar-refractivity contribution is -0.114. The normalized spacial score (nSPS) is 51.8. The Labute approximate surface area is 150 Å². The summed E-state index contributed by atoms with van der Waals surface area (Å²) in [5.74, 6) is 8.69. The van der Waals surface area contributed by atoms with Gasteiger partial charge in [0, 0.05) is 6.42 Å². The molecule has 0 heterocycles. The molecular formula is C24H38. The highest BCUT2D eigenvalue weighted by Gasteiger charge is 2.59. The van der Waals surface area contributed by atoms with E-state index >= 15 is 0 Å². The van der Waals surface area contributed by atoms with Gasteiger partial charge in [-0.25, -0.2) is 0 Å². The highest BCUT2D eigenvalue weighted by Crippen LogP contribution is 2.68. The van der Waals surface area contributed by atoms with E-state index in [9.17, 15) is 0 Å². The van der Waals surface area contributed by atoms with Crippen LogP contribution in [-0.4, -0.2) is 0 Å². The lowest BCUT2D eigenvalue weighted by Crippen LogP contribution is -2.53. The molecule has 1 unspecified atom stereocenters. The van der Waals surface area contributed by atoms with Gasteiger partial charge in [0.15, 0.2) is 0 Å². The topological polar surface area (TPSA) is 0 Å². The maximum atomic E-state index is 5.65. The summed E-state index contributed by atoms with van der Waals surface area (Å²) in [4.78, 5) is 0. The predicted octanol–water partition coefficient (Wildman–Crippen LogP) is 6.69. The van der Waals surface area contributed by atoms with E-state index in [0.29, 0.717) is 10.8 Å². The number of fused-ring (bicyclic) bond motifs is 5. The van der Waals surface area contributed by atoms with Crippen LogP contribution in [0.25, 0.3) is 0 Å². The van der Waals surface area contributed by atoms with Crippen molar-refractivity contribution in [3.8, 4) is 12.3 Å². The van der Waals surface area contributed by atoms with Crippen LogP contribution in [0.4, 0.5) is 0 Å². The number of rotatable bonds is 2. The first kappa shape index (κ1) is 17.0. The van der Waals surface area contributed by atoms with Crippen LogP contribution in [-0.2, 0) is 0 Å². The zero-order valence-electron chi connectivity index (χ0n) is 16.3. The predicted molar refractivity (Wildman–Crippen MR) is 102 cm³/mol. The Bertz CT molecular complexity index is 513. The van der Waals surface area contributed by atoms with Gasteiger partial charge < -0.3 is 0 Å². The van der Waals surface area contributed by atoms with Gasteiger partial charge in [-0.2, -0.15) is 0 Å². The zero-order valence-corrected chi connectivity index (χ0v) is 16.3. The van der Waals surface area contributed by atoms with Crippen LogP contribution >= 0.6 is 0 Å². The molecule has 24 heavy (non-hydrogen) atoms. The molecule has 0 spiro atoms. The maximum absolute atomic E-state index is 5.65. The van der Waals surface area contributed by atoms with Crippen molar-refractivity contribution in [3.05, 3.63) is 0 Å². The lowest BCUT2D eigenvalue weighted by Gasteiger charge is -2.60. The molecule has 0 radical (unpaired) electrons. The average Bonchev–Trinajstić information content (AvgIpc) is 2.92. The van der Waals surface area contributed by atoms with Crippen molar-refractivity contribution in [3.63, 3.8) is 0 Å². The van der Waals surface area contributed by atoms with Crippen LogP contribution in [0.3, 0.4) is 0 Å². The molecule has 0 N–H and O–H groups in total. The van der Waals surface area contributed by atoms with Gasteiger partial charge in [0.1, 0.15) is 0 Å². The number of terminal acetylenes is 1. The first-order valence-corrected chi connectivity index (χ1v) is 10.9. The Kier molecular flexibility index (Phi) is 4.30. The summed E-state index contributed by atoms with van der Waals surface area (Å²) >= 11 is 0. The van der Waals surface area contributed by atoms with Crippen LogP contribution in [0.1, 0.15) is 91.4 Å². The van der Waals surface area contributed by atoms with E-state index < -0.39 is 0 Å². The van der Waals surface area contributed by atoms with Gasteiger partial charge in [0.2, 0.25) is 0 Å². The fraction of sp³-hybridized carbons (Fsp3) is 0.917. The Hall–Kier alpha value is -0.440. The number of hydrogen-bond acceptors (Lipinski definition) is 0. The van der Waals surface area contributed by atoms with Gasteiger partial charge in [0.25, 0.3) is 0 Å². The standard InChI is InChI=1S/C24H38/c1-5-8-17(2)20-12-13-21-19-11-10-18-9-6-7-15-23(18,3)22(19)14-16-24(20,21)4/h1,17-22H,6-16H2,2-4H3/t17-,18?,19+,20-,21+,22+,23+,24-/m1/s1. The third-order valence-electron chi connectivity index (χ3n) is 9.78. The van der Waals surface area contributed by atoms with E-state index in [2.05, 4.69) is 26.7 Å². The van der Waals surface area contributed by atoms with Gasteiger partial charge in [-0.05, 0) is 97.7 Å². The molecule has 0 aromatic carbocycles. The van der Waals surface area contributed by atoms with Crippen LogP contribution in [0.2, 0.25) is 0 Å². The number of hydrogen-bond donors (Lipinski definition) is 0. The van der Waals surface area contributed by atoms with Crippen molar-refractivity contribution >= 4 is 0 Å². The van der Waals surface area contributed by atoms with Gasteiger partial charge in [0.05, 0.1) is 0 Å². The summed E-state index contributed by atoms with van der Waals surface area (Å²) < 4.78 is 0. The maximum Gasteiger partial charge on any atom is 0.0115 e. The van der Waals surface area contributed by atoms with E-state index in [0.717, 1.165) is 41.9 Å². The molecule has 0 bridgehead atoms. The molecule has 4 rings (SSSR count). The Morgan fingerprint density at radius 1 is 0.917 bits per heavy atom. The molecule has 4 saturated carbocycles. The van der Waals surface area contributed by atoms with E-state index in [1.807, 2.05) is 0 Å². The molecule has 0 saturated heterocycles. The molecule has 0 nitrogen and oxygen atoms in total. The molecule has 0 aromatic rings. The summed E-state index contributed by atoms with van der Waals surface area (Å²) in [7, 11) is 0. The van der Waals surface area contributed by atoms with Crippen molar-refractivity contribution < 1.29 is 0 Å². The van der Waals surface area contributed by atoms with E-state index in [4.69, 9.17) is 6.42 Å². The molecule has 134 valence electrons. The zero-order chi connectivity index (χ0) is 16.9. The van der Waals surface area contributed by atoms with Crippen molar-refractivity contribution in [2.24, 2.45) is 46.3 Å². The second kappa shape index (κ2) is 6.07. The summed E-state index contributed by atoms with van der Waals surface area (Å²) in [5, 5.41) is 0. The highest BCUT2D eigenvalue weighted by atomic mass is 14.6. The van der Waals surface area contributed by atoms with Crippen LogP contribution in [0.15, 0.2) is 0 Å². The SMILES string of the molecule is C#CC[C@@H](C)[C@H]1CC[C@H]2[C@@H]3CCC4CCCC[C@]4(C)[C@H]3CC[C@]12C. The second-order valence-electron chi connectivity index (χ2n) is 10.5. The van der Waals surface area contributed by atoms with E-state index in [1.54, 1.807) is 6.42 Å². The highest BCUT2D eigenvalue weighted by molar-refractivity contribution is 5.09. The molecule has 4 aliphatic rings.